The van der Waals surface area contributed by atoms with Gasteiger partial charge in [-0.05, 0) is 44.1 Å². The van der Waals surface area contributed by atoms with Gasteiger partial charge in [-0.2, -0.15) is 0 Å². The van der Waals surface area contributed by atoms with Gasteiger partial charge in [0, 0.05) is 17.2 Å². The Hall–Kier alpha value is -1.69. The Balaban J connectivity index is 1.89. The van der Waals surface area contributed by atoms with Crippen molar-refractivity contribution in [1.29, 1.82) is 0 Å². The van der Waals surface area contributed by atoms with E-state index < -0.39 is 17.1 Å². The summed E-state index contributed by atoms with van der Waals surface area (Å²) in [6.45, 7) is 0.685. The summed E-state index contributed by atoms with van der Waals surface area (Å²) in [6, 6.07) is 3.83. The Morgan fingerprint density at radius 3 is 3.04 bits per heavy atom. The number of hydrogen-bond acceptors (Lipinski definition) is 5. The first-order valence-corrected chi connectivity index (χ1v) is 8.11. The molecule has 1 fully saturated rings. The second-order valence-electron chi connectivity index (χ2n) is 7.23. The molecule has 120 valence electrons. The second-order valence-corrected chi connectivity index (χ2v) is 7.23. The predicted octanol–water partition coefficient (Wildman–Crippen LogP) is 0.308. The minimum atomic E-state index is -1.11. The lowest BCUT2D eigenvalue weighted by Gasteiger charge is -2.60. The lowest BCUT2D eigenvalue weighted by Crippen LogP contribution is -2.74. The van der Waals surface area contributed by atoms with Crippen LogP contribution in [0.1, 0.15) is 23.1 Å². The van der Waals surface area contributed by atoms with Crippen LogP contribution in [0.25, 0.3) is 0 Å². The standard InChI is InChI=1S/C18H19NO4/c1-19-7-6-17-14-10-2-3-11(9-20)15(14)23-16(17)12(21)4-5-18(17,22)13(19)8-10/h2-5,13,16,20,22H,6-9H2,1H3/t13-,16?,17+,18?/m1/s1. The number of carbonyl (C=O) groups excluding carboxylic acids is 1. The van der Waals surface area contributed by atoms with Crippen molar-refractivity contribution >= 4 is 5.78 Å². The number of hydrogen-bond donors (Lipinski definition) is 2. The summed E-state index contributed by atoms with van der Waals surface area (Å²) in [7, 11) is 2.03. The van der Waals surface area contributed by atoms with Crippen molar-refractivity contribution in [2.24, 2.45) is 0 Å². The van der Waals surface area contributed by atoms with Crippen LogP contribution in [0.5, 0.6) is 5.75 Å². The fourth-order valence-corrected chi connectivity index (χ4v) is 5.32. The third kappa shape index (κ3) is 1.30. The Bertz CT molecular complexity index is 773. The average Bonchev–Trinajstić information content (AvgIpc) is 2.90. The molecule has 5 nitrogen and oxygen atoms in total. The highest BCUT2D eigenvalue weighted by Gasteiger charge is 2.71. The minimum absolute atomic E-state index is 0.0647. The molecule has 4 aliphatic rings. The molecular formula is C18H19NO4. The van der Waals surface area contributed by atoms with E-state index in [0.717, 1.165) is 24.1 Å². The number of piperidine rings is 1. The number of aliphatic hydroxyl groups excluding tert-OH is 1. The molecule has 2 heterocycles. The third-order valence-electron chi connectivity index (χ3n) is 6.41. The van der Waals surface area contributed by atoms with Crippen molar-refractivity contribution in [3.05, 3.63) is 41.0 Å². The molecule has 5 heteroatoms. The first-order valence-electron chi connectivity index (χ1n) is 8.11. The van der Waals surface area contributed by atoms with Gasteiger partial charge in [0.05, 0.1) is 12.0 Å². The maximum Gasteiger partial charge on any atom is 0.196 e. The fourth-order valence-electron chi connectivity index (χ4n) is 5.32. The number of likely N-dealkylation sites (N-methyl/N-ethyl adjacent to an activating group) is 1. The van der Waals surface area contributed by atoms with Crippen LogP contribution in [0, 0.1) is 0 Å². The topological polar surface area (TPSA) is 70.0 Å². The largest absolute Gasteiger partial charge is 0.481 e. The Labute approximate surface area is 134 Å². The van der Waals surface area contributed by atoms with Crippen LogP contribution >= 0.6 is 0 Å². The molecular weight excluding hydrogens is 294 g/mol. The number of aliphatic hydroxyl groups is 2. The number of nitrogens with zero attached hydrogens (tertiary/aromatic N) is 1. The summed E-state index contributed by atoms with van der Waals surface area (Å²) >= 11 is 0. The Kier molecular flexibility index (Phi) is 2.41. The number of ketones is 1. The molecule has 23 heavy (non-hydrogen) atoms. The van der Waals surface area contributed by atoms with E-state index in [9.17, 15) is 15.0 Å². The summed E-state index contributed by atoms with van der Waals surface area (Å²) in [5.41, 5.74) is 0.956. The summed E-state index contributed by atoms with van der Waals surface area (Å²) in [5, 5.41) is 21.3. The van der Waals surface area contributed by atoms with Crippen LogP contribution in [-0.2, 0) is 23.2 Å². The van der Waals surface area contributed by atoms with Gasteiger partial charge in [-0.15, -0.1) is 0 Å². The Morgan fingerprint density at radius 2 is 2.26 bits per heavy atom. The molecule has 1 aromatic carbocycles. The van der Waals surface area contributed by atoms with Gasteiger partial charge in [0.2, 0.25) is 0 Å². The second kappa shape index (κ2) is 4.04. The van der Waals surface area contributed by atoms with Crippen LogP contribution in [0.3, 0.4) is 0 Å². The SMILES string of the molecule is CN1CC[C@]23c4c5ccc(CO)c4OC2C(=O)C=CC3(O)[C@H]1C5. The van der Waals surface area contributed by atoms with Gasteiger partial charge in [0.25, 0.3) is 0 Å². The molecule has 2 unspecified atom stereocenters. The zero-order chi connectivity index (χ0) is 16.0. The number of ether oxygens (including phenoxy) is 1. The normalized spacial score (nSPS) is 40.0. The van der Waals surface area contributed by atoms with Crippen molar-refractivity contribution < 1.29 is 19.7 Å². The van der Waals surface area contributed by atoms with Crippen molar-refractivity contribution in [2.75, 3.05) is 13.6 Å². The van der Waals surface area contributed by atoms with E-state index in [4.69, 9.17) is 4.74 Å². The van der Waals surface area contributed by atoms with E-state index in [1.165, 1.54) is 6.08 Å². The number of likely N-dealkylation sites (tertiary alicyclic amines) is 1. The van der Waals surface area contributed by atoms with Crippen LogP contribution in [0.4, 0.5) is 0 Å². The molecule has 4 atom stereocenters. The van der Waals surface area contributed by atoms with Crippen molar-refractivity contribution in [1.82, 2.24) is 4.90 Å². The average molecular weight is 313 g/mol. The van der Waals surface area contributed by atoms with E-state index in [-0.39, 0.29) is 18.4 Å². The van der Waals surface area contributed by atoms with Gasteiger partial charge >= 0.3 is 0 Å². The molecule has 0 aromatic heterocycles. The molecule has 2 N–H and O–H groups in total. The van der Waals surface area contributed by atoms with Gasteiger partial charge in [-0.3, -0.25) is 9.69 Å². The van der Waals surface area contributed by atoms with Crippen molar-refractivity contribution in [3.63, 3.8) is 0 Å². The predicted molar refractivity (Wildman–Crippen MR) is 82.3 cm³/mol. The number of rotatable bonds is 1. The maximum absolute atomic E-state index is 12.5. The van der Waals surface area contributed by atoms with Crippen LogP contribution < -0.4 is 4.74 Å². The fraction of sp³-hybridized carbons (Fsp3) is 0.500. The minimum Gasteiger partial charge on any atom is -0.481 e. The van der Waals surface area contributed by atoms with Gasteiger partial charge < -0.3 is 14.9 Å². The zero-order valence-electron chi connectivity index (χ0n) is 13.0. The van der Waals surface area contributed by atoms with Gasteiger partial charge in [0.1, 0.15) is 11.4 Å². The lowest BCUT2D eigenvalue weighted by atomic mass is 9.51. The first-order chi connectivity index (χ1) is 11.0. The van der Waals surface area contributed by atoms with E-state index in [1.807, 2.05) is 19.2 Å². The quantitative estimate of drug-likeness (QED) is 0.781. The highest BCUT2D eigenvalue weighted by atomic mass is 16.5. The van der Waals surface area contributed by atoms with Gasteiger partial charge in [-0.25, -0.2) is 0 Å². The van der Waals surface area contributed by atoms with Crippen LogP contribution in [0.2, 0.25) is 0 Å². The molecule has 2 aliphatic carbocycles. The maximum atomic E-state index is 12.5. The summed E-state index contributed by atoms with van der Waals surface area (Å²) < 4.78 is 6.07. The van der Waals surface area contributed by atoms with E-state index >= 15 is 0 Å². The molecule has 0 amide bonds. The lowest BCUT2D eigenvalue weighted by molar-refractivity contribution is -0.151. The van der Waals surface area contributed by atoms with E-state index in [1.54, 1.807) is 6.08 Å². The molecule has 1 saturated heterocycles. The summed E-state index contributed by atoms with van der Waals surface area (Å²) in [6.07, 6.45) is 3.88. The van der Waals surface area contributed by atoms with Crippen LogP contribution in [0.15, 0.2) is 24.3 Å². The van der Waals surface area contributed by atoms with Crippen molar-refractivity contribution in [3.8, 4) is 5.75 Å². The summed E-state index contributed by atoms with van der Waals surface area (Å²) in [5.74, 6) is 0.527. The van der Waals surface area contributed by atoms with Crippen molar-refractivity contribution in [2.45, 2.75) is 42.6 Å². The smallest absolute Gasteiger partial charge is 0.196 e. The van der Waals surface area contributed by atoms with Gasteiger partial charge in [0.15, 0.2) is 11.9 Å². The van der Waals surface area contributed by atoms with E-state index in [0.29, 0.717) is 17.7 Å². The summed E-state index contributed by atoms with van der Waals surface area (Å²) in [4.78, 5) is 14.7. The molecule has 1 spiro atoms. The molecule has 1 aromatic rings. The molecule has 5 rings (SSSR count). The Morgan fingerprint density at radius 1 is 1.43 bits per heavy atom. The molecule has 2 bridgehead atoms. The highest BCUT2D eigenvalue weighted by molar-refractivity contribution is 5.98. The number of carbonyl (C=O) groups is 1. The number of benzene rings is 1. The highest BCUT2D eigenvalue weighted by Crippen LogP contribution is 2.62. The van der Waals surface area contributed by atoms with Crippen LogP contribution in [-0.4, -0.2) is 52.2 Å². The zero-order valence-corrected chi connectivity index (χ0v) is 13.0. The van der Waals surface area contributed by atoms with Gasteiger partial charge in [-0.1, -0.05) is 12.1 Å². The molecule has 0 saturated carbocycles. The molecule has 0 radical (unpaired) electrons. The molecule has 2 aliphatic heterocycles. The van der Waals surface area contributed by atoms with E-state index in [2.05, 4.69) is 4.90 Å². The first kappa shape index (κ1) is 13.7. The third-order valence-corrected chi connectivity index (χ3v) is 6.41. The monoisotopic (exact) mass is 313 g/mol.